The lowest BCUT2D eigenvalue weighted by molar-refractivity contribution is -0.140. The summed E-state index contributed by atoms with van der Waals surface area (Å²) >= 11 is 6.05. The first kappa shape index (κ1) is 31.0. The molecule has 0 aliphatic heterocycles. The lowest BCUT2D eigenvalue weighted by Gasteiger charge is -2.33. The molecule has 0 saturated heterocycles. The Kier molecular flexibility index (Phi) is 9.87. The van der Waals surface area contributed by atoms with Crippen molar-refractivity contribution in [1.29, 1.82) is 0 Å². The predicted octanol–water partition coefficient (Wildman–Crippen LogP) is 5.18. The van der Waals surface area contributed by atoms with Crippen molar-refractivity contribution in [2.45, 2.75) is 57.6 Å². The lowest BCUT2D eigenvalue weighted by Crippen LogP contribution is -2.54. The van der Waals surface area contributed by atoms with Crippen molar-refractivity contribution in [3.8, 4) is 5.75 Å². The SMILES string of the molecule is COc1ccc(N(CC(=O)N(Cc2ccc(Cl)cc2)[C@@H](C)C(=O)NC(C)(C)C)S(=O)(=O)c2ccc(C)cc2)cc1. The maximum atomic E-state index is 14.0. The molecule has 0 fully saturated rings. The van der Waals surface area contributed by atoms with Crippen LogP contribution in [0.2, 0.25) is 5.02 Å². The zero-order valence-electron chi connectivity index (χ0n) is 23.6. The maximum absolute atomic E-state index is 14.0. The smallest absolute Gasteiger partial charge is 0.264 e. The Morgan fingerprint density at radius 3 is 2.05 bits per heavy atom. The second-order valence-corrected chi connectivity index (χ2v) is 12.9. The number of anilines is 1. The van der Waals surface area contributed by atoms with Gasteiger partial charge in [-0.15, -0.1) is 0 Å². The summed E-state index contributed by atoms with van der Waals surface area (Å²) in [6.07, 6.45) is 0. The molecule has 1 N–H and O–H groups in total. The van der Waals surface area contributed by atoms with E-state index in [4.69, 9.17) is 16.3 Å². The molecule has 0 aliphatic carbocycles. The van der Waals surface area contributed by atoms with Gasteiger partial charge in [0.2, 0.25) is 11.8 Å². The van der Waals surface area contributed by atoms with E-state index >= 15 is 0 Å². The maximum Gasteiger partial charge on any atom is 0.264 e. The normalized spacial score (nSPS) is 12.4. The van der Waals surface area contributed by atoms with Crippen LogP contribution in [0, 0.1) is 6.92 Å². The lowest BCUT2D eigenvalue weighted by atomic mass is 10.1. The number of nitrogens with zero attached hydrogens (tertiary/aromatic N) is 2. The van der Waals surface area contributed by atoms with Crippen molar-refractivity contribution in [1.82, 2.24) is 10.2 Å². The molecule has 3 aromatic rings. The van der Waals surface area contributed by atoms with Crippen molar-refractivity contribution < 1.29 is 22.7 Å². The summed E-state index contributed by atoms with van der Waals surface area (Å²) in [7, 11) is -2.63. The number of hydrogen-bond acceptors (Lipinski definition) is 5. The molecule has 0 aromatic heterocycles. The molecule has 0 spiro atoms. The van der Waals surface area contributed by atoms with Crippen LogP contribution in [0.15, 0.2) is 77.7 Å². The Bertz CT molecular complexity index is 1420. The molecule has 0 heterocycles. The third-order valence-electron chi connectivity index (χ3n) is 6.18. The van der Waals surface area contributed by atoms with Crippen molar-refractivity contribution in [2.75, 3.05) is 18.0 Å². The Labute approximate surface area is 241 Å². The van der Waals surface area contributed by atoms with Gasteiger partial charge in [-0.05, 0) is 88.7 Å². The van der Waals surface area contributed by atoms with Crippen LogP contribution in [0.25, 0.3) is 0 Å². The average Bonchev–Trinajstić information content (AvgIpc) is 2.90. The van der Waals surface area contributed by atoms with Crippen molar-refractivity contribution in [2.24, 2.45) is 0 Å². The summed E-state index contributed by atoms with van der Waals surface area (Å²) in [5.41, 5.74) is 1.40. The molecule has 40 heavy (non-hydrogen) atoms. The molecule has 1 atom stereocenters. The predicted molar refractivity (Wildman–Crippen MR) is 158 cm³/mol. The summed E-state index contributed by atoms with van der Waals surface area (Å²) in [6, 6.07) is 18.9. The van der Waals surface area contributed by atoms with E-state index in [0.29, 0.717) is 10.8 Å². The van der Waals surface area contributed by atoms with Gasteiger partial charge in [-0.2, -0.15) is 0 Å². The number of amides is 2. The monoisotopic (exact) mass is 585 g/mol. The van der Waals surface area contributed by atoms with Crippen molar-refractivity contribution in [3.05, 3.63) is 88.9 Å². The van der Waals surface area contributed by atoms with Gasteiger partial charge in [-0.1, -0.05) is 41.4 Å². The van der Waals surface area contributed by atoms with Gasteiger partial charge >= 0.3 is 0 Å². The molecular formula is C30H36ClN3O5S. The third kappa shape index (κ3) is 7.99. The number of benzene rings is 3. The van der Waals surface area contributed by atoms with Gasteiger partial charge in [0.25, 0.3) is 10.0 Å². The summed E-state index contributed by atoms with van der Waals surface area (Å²) in [4.78, 5) is 28.5. The van der Waals surface area contributed by atoms with Gasteiger partial charge in [0.05, 0.1) is 17.7 Å². The minimum atomic E-state index is -4.15. The molecule has 214 valence electrons. The first-order valence-electron chi connectivity index (χ1n) is 12.8. The Morgan fingerprint density at radius 1 is 0.950 bits per heavy atom. The van der Waals surface area contributed by atoms with Gasteiger partial charge in [0.15, 0.2) is 0 Å². The Hall–Kier alpha value is -3.56. The van der Waals surface area contributed by atoms with E-state index in [1.54, 1.807) is 67.6 Å². The number of rotatable bonds is 10. The molecule has 0 radical (unpaired) electrons. The first-order chi connectivity index (χ1) is 18.7. The molecule has 3 rings (SSSR count). The van der Waals surface area contributed by atoms with Crippen LogP contribution >= 0.6 is 11.6 Å². The number of carbonyl (C=O) groups is 2. The van der Waals surface area contributed by atoms with Crippen LogP contribution in [0.3, 0.4) is 0 Å². The Morgan fingerprint density at radius 2 is 1.52 bits per heavy atom. The molecule has 0 aliphatic rings. The third-order valence-corrected chi connectivity index (χ3v) is 8.22. The van der Waals surface area contributed by atoms with Crippen LogP contribution in [-0.2, 0) is 26.2 Å². The fourth-order valence-electron chi connectivity index (χ4n) is 3.96. The van der Waals surface area contributed by atoms with Crippen molar-refractivity contribution >= 4 is 39.1 Å². The van der Waals surface area contributed by atoms with Crippen molar-refractivity contribution in [3.63, 3.8) is 0 Å². The number of ether oxygens (including phenoxy) is 1. The molecule has 10 heteroatoms. The number of sulfonamides is 1. The second kappa shape index (κ2) is 12.7. The van der Waals surface area contributed by atoms with Crippen LogP contribution < -0.4 is 14.4 Å². The van der Waals surface area contributed by atoms with E-state index in [-0.39, 0.29) is 23.0 Å². The molecule has 0 bridgehead atoms. The number of hydrogen-bond donors (Lipinski definition) is 1. The fraction of sp³-hybridized carbons (Fsp3) is 0.333. The summed E-state index contributed by atoms with van der Waals surface area (Å²) in [5, 5.41) is 3.45. The molecular weight excluding hydrogens is 550 g/mol. The summed E-state index contributed by atoms with van der Waals surface area (Å²) in [6.45, 7) is 8.59. The van der Waals surface area contributed by atoms with E-state index < -0.39 is 34.1 Å². The highest BCUT2D eigenvalue weighted by Gasteiger charge is 2.33. The minimum Gasteiger partial charge on any atom is -0.497 e. The molecule has 8 nitrogen and oxygen atoms in total. The number of aryl methyl sites for hydroxylation is 1. The summed E-state index contributed by atoms with van der Waals surface area (Å²) in [5.74, 6) is -0.357. The van der Waals surface area contributed by atoms with Crippen LogP contribution in [0.5, 0.6) is 5.75 Å². The standard InChI is InChI=1S/C30H36ClN3O5S/c1-21-7-17-27(18-8-21)40(37,38)34(25-13-15-26(39-6)16-14-25)20-28(35)33(19-23-9-11-24(31)12-10-23)22(2)29(36)32-30(3,4)5/h7-18,22H,19-20H2,1-6H3,(H,32,36)/t22-/m0/s1. The highest BCUT2D eigenvalue weighted by atomic mass is 35.5. The first-order valence-corrected chi connectivity index (χ1v) is 14.6. The van der Waals surface area contributed by atoms with E-state index in [0.717, 1.165) is 15.4 Å². The molecule has 2 amide bonds. The highest BCUT2D eigenvalue weighted by molar-refractivity contribution is 7.92. The van der Waals surface area contributed by atoms with Gasteiger partial charge in [0, 0.05) is 17.1 Å². The number of halogens is 1. The number of nitrogens with one attached hydrogen (secondary N) is 1. The largest absolute Gasteiger partial charge is 0.497 e. The zero-order chi connectivity index (χ0) is 29.7. The van der Waals surface area contributed by atoms with Crippen LogP contribution in [-0.4, -0.2) is 50.4 Å². The van der Waals surface area contributed by atoms with Gasteiger partial charge in [-0.3, -0.25) is 13.9 Å². The quantitative estimate of drug-likeness (QED) is 0.353. The van der Waals surface area contributed by atoms with Gasteiger partial charge in [0.1, 0.15) is 18.3 Å². The molecule has 3 aromatic carbocycles. The molecule has 0 saturated carbocycles. The highest BCUT2D eigenvalue weighted by Crippen LogP contribution is 2.27. The van der Waals surface area contributed by atoms with E-state index in [1.165, 1.54) is 24.1 Å². The summed E-state index contributed by atoms with van der Waals surface area (Å²) < 4.78 is 34.0. The number of methoxy groups -OCH3 is 1. The Balaban J connectivity index is 2.03. The molecule has 0 unspecified atom stereocenters. The van der Waals surface area contributed by atoms with E-state index in [1.807, 2.05) is 27.7 Å². The fourth-order valence-corrected chi connectivity index (χ4v) is 5.50. The van der Waals surface area contributed by atoms with Gasteiger partial charge < -0.3 is 15.0 Å². The van der Waals surface area contributed by atoms with Crippen LogP contribution in [0.4, 0.5) is 5.69 Å². The second-order valence-electron chi connectivity index (χ2n) is 10.6. The van der Waals surface area contributed by atoms with E-state index in [9.17, 15) is 18.0 Å². The topological polar surface area (TPSA) is 96.0 Å². The zero-order valence-corrected chi connectivity index (χ0v) is 25.2. The van der Waals surface area contributed by atoms with Gasteiger partial charge in [-0.25, -0.2) is 8.42 Å². The van der Waals surface area contributed by atoms with Crippen LogP contribution in [0.1, 0.15) is 38.8 Å². The van der Waals surface area contributed by atoms with E-state index in [2.05, 4.69) is 5.32 Å². The number of carbonyl (C=O) groups excluding carboxylic acids is 2. The minimum absolute atomic E-state index is 0.0458. The average molecular weight is 586 g/mol.